The van der Waals surface area contributed by atoms with Crippen LogP contribution in [0.1, 0.15) is 12.0 Å². The summed E-state index contributed by atoms with van der Waals surface area (Å²) in [6.45, 7) is 0. The third-order valence-corrected chi connectivity index (χ3v) is 6.78. The van der Waals surface area contributed by atoms with Gasteiger partial charge in [0.15, 0.2) is 0 Å². The number of aliphatic carboxylic acids is 1. The Morgan fingerprint density at radius 3 is 2.71 bits per heavy atom. The highest BCUT2D eigenvalue weighted by Gasteiger charge is 2.77. The first kappa shape index (κ1) is 18.8. The van der Waals surface area contributed by atoms with Crippen LogP contribution in [0.5, 0.6) is 0 Å². The molecule has 4 unspecified atom stereocenters. The molecule has 1 aromatic rings. The van der Waals surface area contributed by atoms with E-state index >= 15 is 0 Å². The maximum Gasteiger partial charge on any atom is 0.370 e. The highest BCUT2D eigenvalue weighted by molar-refractivity contribution is 8.00. The van der Waals surface area contributed by atoms with Crippen LogP contribution in [-0.2, 0) is 35.1 Å². The van der Waals surface area contributed by atoms with E-state index in [4.69, 9.17) is 9.47 Å². The third-order valence-electron chi connectivity index (χ3n) is 5.33. The molecule has 1 aromatic carbocycles. The Kier molecular flexibility index (Phi) is 4.35. The average molecular weight is 406 g/mol. The van der Waals surface area contributed by atoms with Gasteiger partial charge in [-0.2, -0.15) is 0 Å². The van der Waals surface area contributed by atoms with E-state index in [1.54, 1.807) is 24.3 Å². The molecule has 28 heavy (non-hydrogen) atoms. The predicted molar refractivity (Wildman–Crippen MR) is 95.7 cm³/mol. The summed E-state index contributed by atoms with van der Waals surface area (Å²) in [6.07, 6.45) is -0.0333. The van der Waals surface area contributed by atoms with Crippen LogP contribution in [0.15, 0.2) is 30.3 Å². The first-order chi connectivity index (χ1) is 13.3. The number of nitrogens with zero attached hydrogens (tertiary/aromatic N) is 1. The number of ether oxygens (including phenoxy) is 2. The van der Waals surface area contributed by atoms with Crippen molar-refractivity contribution >= 4 is 35.5 Å². The van der Waals surface area contributed by atoms with Gasteiger partial charge in [0.25, 0.3) is 17.4 Å². The molecule has 0 saturated carbocycles. The fraction of sp³-hybridized carbons (Fsp3) is 0.444. The van der Waals surface area contributed by atoms with Gasteiger partial charge < -0.3 is 19.9 Å². The summed E-state index contributed by atoms with van der Waals surface area (Å²) in [5.74, 6) is -3.61. The molecule has 148 valence electrons. The van der Waals surface area contributed by atoms with Gasteiger partial charge >= 0.3 is 11.9 Å². The van der Waals surface area contributed by atoms with Crippen LogP contribution >= 0.6 is 11.8 Å². The fourth-order valence-corrected chi connectivity index (χ4v) is 5.65. The number of thioether (sulfide) groups is 1. The van der Waals surface area contributed by atoms with E-state index in [1.807, 2.05) is 6.07 Å². The Morgan fingerprint density at radius 2 is 2.07 bits per heavy atom. The van der Waals surface area contributed by atoms with Gasteiger partial charge in [-0.3, -0.25) is 19.3 Å². The summed E-state index contributed by atoms with van der Waals surface area (Å²) in [6, 6.07) is 8.99. The van der Waals surface area contributed by atoms with Crippen molar-refractivity contribution in [2.24, 2.45) is 5.92 Å². The maximum absolute atomic E-state index is 13.0. The van der Waals surface area contributed by atoms with Crippen LogP contribution < -0.4 is 5.32 Å². The average Bonchev–Trinajstić information content (AvgIpc) is 3.02. The van der Waals surface area contributed by atoms with Crippen LogP contribution in [0.4, 0.5) is 0 Å². The number of methoxy groups -OCH3 is 1. The predicted octanol–water partition coefficient (Wildman–Crippen LogP) is -0.0529. The Balaban J connectivity index is 1.59. The van der Waals surface area contributed by atoms with Crippen molar-refractivity contribution in [1.82, 2.24) is 10.2 Å². The molecule has 0 bridgehead atoms. The van der Waals surface area contributed by atoms with Crippen molar-refractivity contribution < 1.29 is 33.8 Å². The number of amides is 2. The zero-order chi connectivity index (χ0) is 20.1. The van der Waals surface area contributed by atoms with Gasteiger partial charge in [-0.25, -0.2) is 4.79 Å². The van der Waals surface area contributed by atoms with Crippen molar-refractivity contribution in [3.8, 4) is 0 Å². The molecule has 3 aliphatic heterocycles. The number of carboxylic acid groups (broad SMARTS) is 1. The largest absolute Gasteiger partial charge is 0.477 e. The van der Waals surface area contributed by atoms with Crippen LogP contribution in [0.2, 0.25) is 0 Å². The van der Waals surface area contributed by atoms with E-state index in [1.165, 1.54) is 18.9 Å². The first-order valence-corrected chi connectivity index (χ1v) is 9.70. The molecule has 0 aliphatic carbocycles. The molecule has 0 radical (unpaired) electrons. The van der Waals surface area contributed by atoms with E-state index in [0.29, 0.717) is 0 Å². The highest BCUT2D eigenvalue weighted by atomic mass is 32.2. The van der Waals surface area contributed by atoms with Crippen LogP contribution in [-0.4, -0.2) is 63.4 Å². The number of hydrogen-bond donors (Lipinski definition) is 2. The Morgan fingerprint density at radius 1 is 1.36 bits per heavy atom. The van der Waals surface area contributed by atoms with E-state index < -0.39 is 46.5 Å². The zero-order valence-corrected chi connectivity index (χ0v) is 15.7. The summed E-state index contributed by atoms with van der Waals surface area (Å²) in [5.41, 5.74) is -2.98. The molecule has 2 N–H and O–H groups in total. The Hall–Kier alpha value is -2.59. The summed E-state index contributed by atoms with van der Waals surface area (Å²) in [7, 11) is 1.28. The maximum atomic E-state index is 13.0. The number of carbonyl (C=O) groups is 4. The molecule has 9 nitrogen and oxygen atoms in total. The van der Waals surface area contributed by atoms with Gasteiger partial charge in [-0.1, -0.05) is 30.3 Å². The molecule has 0 aromatic heterocycles. The lowest BCUT2D eigenvalue weighted by atomic mass is 9.87. The topological polar surface area (TPSA) is 122 Å². The number of fused-ring (bicyclic) bond motifs is 3. The molecule has 3 saturated heterocycles. The van der Waals surface area contributed by atoms with Gasteiger partial charge in [0.1, 0.15) is 5.37 Å². The fourth-order valence-electron chi connectivity index (χ4n) is 4.00. The third kappa shape index (κ3) is 2.44. The number of esters is 1. The van der Waals surface area contributed by atoms with Gasteiger partial charge in [0, 0.05) is 18.8 Å². The number of β-lactam (4-membered cyclic amide) rings is 1. The molecular formula is C18H18N2O7S. The number of rotatable bonds is 5. The van der Waals surface area contributed by atoms with E-state index in [0.717, 1.165) is 10.5 Å². The van der Waals surface area contributed by atoms with Crippen LogP contribution in [0.3, 0.4) is 0 Å². The summed E-state index contributed by atoms with van der Waals surface area (Å²) in [4.78, 5) is 50.3. The van der Waals surface area contributed by atoms with Gasteiger partial charge in [0.2, 0.25) is 5.91 Å². The molecule has 3 fully saturated rings. The SMILES string of the molecule is COC1(NC(=O)Cc2ccccc2)C(=O)N2C1SCC1CC(=O)OC12C(=O)O. The second-order valence-electron chi connectivity index (χ2n) is 6.89. The van der Waals surface area contributed by atoms with Crippen molar-refractivity contribution in [2.75, 3.05) is 12.9 Å². The standard InChI is InChI=1S/C18H18N2O7S/c1-26-17(19-12(21)7-10-5-3-2-4-6-10)14(23)20-15(17)28-9-11-8-13(22)27-18(11,20)16(24)25/h2-6,11,15H,7-9H2,1H3,(H,19,21)(H,24,25). The summed E-state index contributed by atoms with van der Waals surface area (Å²) in [5, 5.41) is 11.6. The normalized spacial score (nSPS) is 33.4. The minimum absolute atomic E-state index is 0.0400. The second kappa shape index (κ2) is 6.49. The number of carbonyl (C=O) groups excluding carboxylic acids is 3. The van der Waals surface area contributed by atoms with Gasteiger partial charge in [-0.15, -0.1) is 11.8 Å². The molecule has 10 heteroatoms. The second-order valence-corrected chi connectivity index (χ2v) is 8.00. The van der Waals surface area contributed by atoms with E-state index in [-0.39, 0.29) is 18.6 Å². The minimum atomic E-state index is -2.05. The lowest BCUT2D eigenvalue weighted by molar-refractivity contribution is -0.248. The molecule has 4 atom stereocenters. The van der Waals surface area contributed by atoms with Crippen molar-refractivity contribution in [3.63, 3.8) is 0 Å². The monoisotopic (exact) mass is 406 g/mol. The number of hydrogen-bond acceptors (Lipinski definition) is 7. The molecule has 2 amide bonds. The summed E-state index contributed by atoms with van der Waals surface area (Å²) >= 11 is 1.26. The Bertz CT molecular complexity index is 863. The van der Waals surface area contributed by atoms with Crippen LogP contribution in [0, 0.1) is 5.92 Å². The van der Waals surface area contributed by atoms with E-state index in [9.17, 15) is 24.3 Å². The lowest BCUT2D eigenvalue weighted by Crippen LogP contribution is -2.87. The molecular weight excluding hydrogens is 388 g/mol. The van der Waals surface area contributed by atoms with Crippen molar-refractivity contribution in [2.45, 2.75) is 29.7 Å². The minimum Gasteiger partial charge on any atom is -0.477 e. The molecule has 4 rings (SSSR count). The number of benzene rings is 1. The lowest BCUT2D eigenvalue weighted by Gasteiger charge is -2.61. The molecule has 0 spiro atoms. The number of nitrogens with one attached hydrogen (secondary N) is 1. The van der Waals surface area contributed by atoms with Crippen molar-refractivity contribution in [3.05, 3.63) is 35.9 Å². The highest BCUT2D eigenvalue weighted by Crippen LogP contribution is 2.54. The van der Waals surface area contributed by atoms with Crippen LogP contribution in [0.25, 0.3) is 0 Å². The quantitative estimate of drug-likeness (QED) is 0.396. The molecule has 3 aliphatic rings. The molecule has 3 heterocycles. The smallest absolute Gasteiger partial charge is 0.370 e. The zero-order valence-electron chi connectivity index (χ0n) is 14.9. The van der Waals surface area contributed by atoms with E-state index in [2.05, 4.69) is 5.32 Å². The van der Waals surface area contributed by atoms with Crippen molar-refractivity contribution in [1.29, 1.82) is 0 Å². The first-order valence-electron chi connectivity index (χ1n) is 8.66. The van der Waals surface area contributed by atoms with Gasteiger partial charge in [-0.05, 0) is 5.56 Å². The van der Waals surface area contributed by atoms with Gasteiger partial charge in [0.05, 0.1) is 12.8 Å². The summed E-state index contributed by atoms with van der Waals surface area (Å²) < 4.78 is 10.5. The number of carboxylic acids is 1. The Labute approximate surface area is 164 Å².